The minimum atomic E-state index is -3.96. The fourth-order valence-electron chi connectivity index (χ4n) is 1.78. The monoisotopic (exact) mass is 287 g/mol. The van der Waals surface area contributed by atoms with Crippen LogP contribution in [0.1, 0.15) is 18.4 Å². The molecular formula is C12H14FNO4S. The molecule has 0 aromatic heterocycles. The molecule has 5 nitrogen and oxygen atoms in total. The van der Waals surface area contributed by atoms with Crippen molar-refractivity contribution in [2.45, 2.75) is 30.7 Å². The van der Waals surface area contributed by atoms with Crippen molar-refractivity contribution < 1.29 is 22.7 Å². The van der Waals surface area contributed by atoms with Gasteiger partial charge in [-0.2, -0.15) is 4.31 Å². The van der Waals surface area contributed by atoms with Crippen molar-refractivity contribution in [1.29, 1.82) is 0 Å². The number of sulfonamides is 1. The highest BCUT2D eigenvalue weighted by atomic mass is 32.2. The predicted octanol–water partition coefficient (Wildman–Crippen LogP) is 1.37. The van der Waals surface area contributed by atoms with E-state index < -0.39 is 28.4 Å². The Bertz CT molecular complexity index is 610. The van der Waals surface area contributed by atoms with Crippen LogP contribution in [0.3, 0.4) is 0 Å². The van der Waals surface area contributed by atoms with Gasteiger partial charge in [-0.15, -0.1) is 0 Å². The number of hydrogen-bond donors (Lipinski definition) is 1. The SMILES string of the molecule is Cc1ccc(S(=O)(=O)N(CC(=O)O)C2CC2)cc1F. The molecule has 2 rings (SSSR count). The molecular weight excluding hydrogens is 273 g/mol. The maximum Gasteiger partial charge on any atom is 0.318 e. The molecule has 0 bridgehead atoms. The van der Waals surface area contributed by atoms with Crippen molar-refractivity contribution in [2.75, 3.05) is 6.54 Å². The summed E-state index contributed by atoms with van der Waals surface area (Å²) in [5.74, 6) is -1.84. The van der Waals surface area contributed by atoms with Crippen LogP contribution >= 0.6 is 0 Å². The van der Waals surface area contributed by atoms with Gasteiger partial charge < -0.3 is 5.11 Å². The van der Waals surface area contributed by atoms with E-state index in [0.717, 1.165) is 10.4 Å². The number of benzene rings is 1. The largest absolute Gasteiger partial charge is 0.480 e. The number of aryl methyl sites for hydroxylation is 1. The van der Waals surface area contributed by atoms with Crippen LogP contribution < -0.4 is 0 Å². The van der Waals surface area contributed by atoms with E-state index in [1.165, 1.54) is 19.1 Å². The molecule has 1 fully saturated rings. The van der Waals surface area contributed by atoms with E-state index in [1.54, 1.807) is 0 Å². The highest BCUT2D eigenvalue weighted by Crippen LogP contribution is 2.32. The highest BCUT2D eigenvalue weighted by molar-refractivity contribution is 7.89. The summed E-state index contributed by atoms with van der Waals surface area (Å²) < 4.78 is 39.0. The molecule has 0 aliphatic heterocycles. The van der Waals surface area contributed by atoms with Gasteiger partial charge in [-0.25, -0.2) is 12.8 Å². The van der Waals surface area contributed by atoms with Crippen LogP contribution in [0.2, 0.25) is 0 Å². The zero-order valence-corrected chi connectivity index (χ0v) is 11.2. The lowest BCUT2D eigenvalue weighted by Gasteiger charge is -2.20. The summed E-state index contributed by atoms with van der Waals surface area (Å²) in [4.78, 5) is 10.6. The number of carboxylic acids is 1. The van der Waals surface area contributed by atoms with E-state index in [9.17, 15) is 17.6 Å². The molecule has 1 aromatic carbocycles. The third kappa shape index (κ3) is 2.93. The molecule has 7 heteroatoms. The second-order valence-corrected chi connectivity index (χ2v) is 6.48. The Morgan fingerprint density at radius 3 is 2.58 bits per heavy atom. The van der Waals surface area contributed by atoms with Gasteiger partial charge in [0.15, 0.2) is 0 Å². The lowest BCUT2D eigenvalue weighted by molar-refractivity contribution is -0.137. The molecule has 0 atom stereocenters. The first-order valence-corrected chi connectivity index (χ1v) is 7.26. The Morgan fingerprint density at radius 2 is 2.11 bits per heavy atom. The Kier molecular flexibility index (Phi) is 3.60. The second-order valence-electron chi connectivity index (χ2n) is 4.59. The van der Waals surface area contributed by atoms with Gasteiger partial charge in [0.25, 0.3) is 0 Å². The third-order valence-electron chi connectivity index (χ3n) is 3.00. The summed E-state index contributed by atoms with van der Waals surface area (Å²) in [6.45, 7) is 0.935. The Labute approximate surface area is 110 Å². The zero-order chi connectivity index (χ0) is 14.2. The van der Waals surface area contributed by atoms with Crippen molar-refractivity contribution in [3.05, 3.63) is 29.6 Å². The van der Waals surface area contributed by atoms with E-state index in [4.69, 9.17) is 5.11 Å². The van der Waals surface area contributed by atoms with E-state index in [2.05, 4.69) is 0 Å². The average Bonchev–Trinajstić information content (AvgIpc) is 3.13. The van der Waals surface area contributed by atoms with Crippen LogP contribution in [0.25, 0.3) is 0 Å². The van der Waals surface area contributed by atoms with Crippen molar-refractivity contribution in [1.82, 2.24) is 4.31 Å². The number of aliphatic carboxylic acids is 1. The minimum Gasteiger partial charge on any atom is -0.480 e. The molecule has 0 saturated heterocycles. The van der Waals surface area contributed by atoms with Gasteiger partial charge in [0.2, 0.25) is 10.0 Å². The standard InChI is InChI=1S/C12H14FNO4S/c1-8-2-5-10(6-11(8)13)19(17,18)14(7-12(15)16)9-3-4-9/h2,5-6,9H,3-4,7H2,1H3,(H,15,16). The van der Waals surface area contributed by atoms with Crippen molar-refractivity contribution >= 4 is 16.0 Å². The van der Waals surface area contributed by atoms with E-state index in [1.807, 2.05) is 0 Å². The molecule has 0 radical (unpaired) electrons. The molecule has 1 N–H and O–H groups in total. The smallest absolute Gasteiger partial charge is 0.318 e. The van der Waals surface area contributed by atoms with Crippen LogP contribution in [-0.4, -0.2) is 36.4 Å². The van der Waals surface area contributed by atoms with Gasteiger partial charge >= 0.3 is 5.97 Å². The van der Waals surface area contributed by atoms with Crippen LogP contribution in [-0.2, 0) is 14.8 Å². The summed E-state index contributed by atoms with van der Waals surface area (Å²) >= 11 is 0. The fraction of sp³-hybridized carbons (Fsp3) is 0.417. The van der Waals surface area contributed by atoms with Gasteiger partial charge in [0.05, 0.1) is 4.90 Å². The topological polar surface area (TPSA) is 74.7 Å². The first-order chi connectivity index (χ1) is 8.82. The molecule has 1 saturated carbocycles. The molecule has 0 amide bonds. The fourth-order valence-corrected chi connectivity index (χ4v) is 3.42. The number of rotatable bonds is 5. The van der Waals surface area contributed by atoms with E-state index in [-0.39, 0.29) is 10.9 Å². The van der Waals surface area contributed by atoms with Crippen molar-refractivity contribution in [3.63, 3.8) is 0 Å². The zero-order valence-electron chi connectivity index (χ0n) is 10.3. The van der Waals surface area contributed by atoms with Crippen LogP contribution in [0, 0.1) is 12.7 Å². The van der Waals surface area contributed by atoms with Crippen LogP contribution in [0.15, 0.2) is 23.1 Å². The number of halogens is 1. The quantitative estimate of drug-likeness (QED) is 0.887. The van der Waals surface area contributed by atoms with Crippen molar-refractivity contribution in [3.8, 4) is 0 Å². The molecule has 1 aliphatic rings. The highest BCUT2D eigenvalue weighted by Gasteiger charge is 2.39. The average molecular weight is 287 g/mol. The van der Waals surface area contributed by atoms with Crippen LogP contribution in [0.5, 0.6) is 0 Å². The lowest BCUT2D eigenvalue weighted by Crippen LogP contribution is -2.37. The first kappa shape index (κ1) is 14.0. The lowest BCUT2D eigenvalue weighted by atomic mass is 10.2. The Morgan fingerprint density at radius 1 is 1.47 bits per heavy atom. The van der Waals surface area contributed by atoms with Crippen LogP contribution in [0.4, 0.5) is 4.39 Å². The van der Waals surface area contributed by atoms with Gasteiger partial charge in [-0.3, -0.25) is 4.79 Å². The summed E-state index contributed by atoms with van der Waals surface area (Å²) in [6.07, 6.45) is 1.28. The normalized spacial score (nSPS) is 15.7. The van der Waals surface area contributed by atoms with E-state index in [0.29, 0.717) is 18.4 Å². The molecule has 0 spiro atoms. The Balaban J connectivity index is 2.38. The van der Waals surface area contributed by atoms with Crippen molar-refractivity contribution in [2.24, 2.45) is 0 Å². The molecule has 0 unspecified atom stereocenters. The number of nitrogens with zero attached hydrogens (tertiary/aromatic N) is 1. The van der Waals surface area contributed by atoms with Gasteiger partial charge in [-0.1, -0.05) is 6.07 Å². The summed E-state index contributed by atoms with van der Waals surface area (Å²) in [7, 11) is -3.96. The molecule has 0 heterocycles. The number of hydrogen-bond acceptors (Lipinski definition) is 3. The van der Waals surface area contributed by atoms with Gasteiger partial charge in [0.1, 0.15) is 12.4 Å². The molecule has 19 heavy (non-hydrogen) atoms. The third-order valence-corrected chi connectivity index (χ3v) is 4.89. The summed E-state index contributed by atoms with van der Waals surface area (Å²) in [5.41, 5.74) is 0.343. The Hall–Kier alpha value is -1.47. The number of carboxylic acid groups (broad SMARTS) is 1. The molecule has 1 aromatic rings. The maximum atomic E-state index is 13.5. The number of carbonyl (C=O) groups is 1. The predicted molar refractivity (Wildman–Crippen MR) is 65.7 cm³/mol. The van der Waals surface area contributed by atoms with Gasteiger partial charge in [-0.05, 0) is 37.5 Å². The summed E-state index contributed by atoms with van der Waals surface area (Å²) in [5, 5.41) is 8.79. The maximum absolute atomic E-state index is 13.5. The molecule has 104 valence electrons. The molecule has 1 aliphatic carbocycles. The second kappa shape index (κ2) is 4.90. The van der Waals surface area contributed by atoms with E-state index >= 15 is 0 Å². The van der Waals surface area contributed by atoms with Gasteiger partial charge in [0, 0.05) is 6.04 Å². The summed E-state index contributed by atoms with van der Waals surface area (Å²) in [6, 6.07) is 3.31. The minimum absolute atomic E-state index is 0.205. The first-order valence-electron chi connectivity index (χ1n) is 5.82.